The van der Waals surface area contributed by atoms with Crippen molar-refractivity contribution in [1.29, 1.82) is 5.26 Å². The Labute approximate surface area is 338 Å². The van der Waals surface area contributed by atoms with Crippen molar-refractivity contribution < 1.29 is 0 Å². The molecular weight excluding hydrogens is 745 g/mol. The van der Waals surface area contributed by atoms with Gasteiger partial charge in [0.1, 0.15) is 6.07 Å². The van der Waals surface area contributed by atoms with E-state index in [0.717, 1.165) is 32.8 Å². The minimum Gasteiger partial charge on any atom is -0.319 e. The molecule has 0 spiro atoms. The van der Waals surface area contributed by atoms with Gasteiger partial charge in [-0.15, -0.1) is 22.7 Å². The number of fused-ring (bicyclic) bond motifs is 18. The number of aromatic nitrogens is 2. The smallest absolute Gasteiger partial charge is 0.212 e. The first-order chi connectivity index (χ1) is 28.7. The van der Waals surface area contributed by atoms with Crippen LogP contribution in [-0.2, 0) is 0 Å². The van der Waals surface area contributed by atoms with Gasteiger partial charge >= 0.3 is 0 Å². The Kier molecular flexibility index (Phi) is 6.30. The minimum atomic E-state index is 0.486. The van der Waals surface area contributed by atoms with Gasteiger partial charge < -0.3 is 9.13 Å². The molecule has 0 N–H and O–H groups in total. The summed E-state index contributed by atoms with van der Waals surface area (Å²) in [6.45, 7) is 8.62. The van der Waals surface area contributed by atoms with Crippen molar-refractivity contribution >= 4 is 134 Å². The van der Waals surface area contributed by atoms with Crippen LogP contribution in [0.5, 0.6) is 0 Å². The number of para-hydroxylation sites is 2. The molecule has 0 aliphatic carbocycles. The van der Waals surface area contributed by atoms with Gasteiger partial charge in [0.15, 0.2) is 0 Å². The van der Waals surface area contributed by atoms with Crippen LogP contribution >= 0.6 is 22.7 Å². The van der Waals surface area contributed by atoms with E-state index in [1.807, 2.05) is 34.8 Å². The maximum absolute atomic E-state index is 11.0. The van der Waals surface area contributed by atoms with Crippen molar-refractivity contribution in [3.8, 4) is 17.4 Å². The Balaban J connectivity index is 1.09. The topological polar surface area (TPSA) is 38.0 Å². The normalized spacial score (nSPS) is 12.1. The lowest BCUT2D eigenvalue weighted by molar-refractivity contribution is 1.14. The molecule has 4 aromatic heterocycles. The van der Waals surface area contributed by atoms with Gasteiger partial charge in [0.2, 0.25) is 5.69 Å². The summed E-state index contributed by atoms with van der Waals surface area (Å²) in [5, 5.41) is 25.6. The first-order valence-electron chi connectivity index (χ1n) is 19.2. The van der Waals surface area contributed by atoms with E-state index in [2.05, 4.69) is 166 Å². The third-order valence-corrected chi connectivity index (χ3v) is 14.5. The zero-order chi connectivity index (χ0) is 38.2. The van der Waals surface area contributed by atoms with Crippen LogP contribution in [0.1, 0.15) is 5.56 Å². The number of nitrogens with zero attached hydrogens (tertiary/aromatic N) is 4. The third kappa shape index (κ3) is 4.05. The fourth-order valence-electron chi connectivity index (χ4n) is 9.74. The molecule has 0 aliphatic rings. The van der Waals surface area contributed by atoms with E-state index in [4.69, 9.17) is 6.57 Å². The van der Waals surface area contributed by atoms with Crippen LogP contribution in [0.15, 0.2) is 158 Å². The molecule has 266 valence electrons. The van der Waals surface area contributed by atoms with Gasteiger partial charge in [0.25, 0.3) is 0 Å². The zero-order valence-corrected chi connectivity index (χ0v) is 32.2. The number of hydrogen-bond donors (Lipinski definition) is 0. The van der Waals surface area contributed by atoms with Gasteiger partial charge in [-0.25, -0.2) is 4.85 Å². The van der Waals surface area contributed by atoms with Gasteiger partial charge in [-0.2, -0.15) is 5.26 Å². The summed E-state index contributed by atoms with van der Waals surface area (Å²) in [5.41, 5.74) is 6.44. The molecule has 13 aromatic rings. The lowest BCUT2D eigenvalue weighted by atomic mass is 10.0. The van der Waals surface area contributed by atoms with Crippen molar-refractivity contribution in [1.82, 2.24) is 9.13 Å². The summed E-state index contributed by atoms with van der Waals surface area (Å²) in [4.78, 5) is 4.20. The van der Waals surface area contributed by atoms with Crippen molar-refractivity contribution in [2.75, 3.05) is 0 Å². The van der Waals surface area contributed by atoms with E-state index < -0.39 is 0 Å². The quantitative estimate of drug-likeness (QED) is 0.161. The van der Waals surface area contributed by atoms with Crippen LogP contribution in [0.25, 0.3) is 122 Å². The van der Waals surface area contributed by atoms with Crippen LogP contribution in [0, 0.1) is 17.9 Å². The molecule has 0 fully saturated rings. The molecule has 0 aliphatic heterocycles. The molecular formula is C52H26N4S2. The molecule has 0 bridgehead atoms. The molecule has 0 saturated heterocycles. The SMILES string of the molecule is [C-]#[N+]c1cc(-n2c3ccccc3c3c4sc5ccc6ccccc6c5c4ccc32)c(C#N)cc1-n1c2ccccc2c2c3sc4ccc5ccccc5c4c3ccc21. The van der Waals surface area contributed by atoms with E-state index in [0.29, 0.717) is 22.6 Å². The number of nitriles is 1. The monoisotopic (exact) mass is 770 g/mol. The van der Waals surface area contributed by atoms with Crippen LogP contribution in [0.3, 0.4) is 0 Å². The molecule has 0 amide bonds. The standard InChI is InChI=1S/C52H26N4S2/c1-54-38-27-43(55-39-16-8-6-14-34(39)49-41(55)22-20-36-47-32-12-4-2-10-29(32)18-24-45(47)57-51(36)49)31(28-53)26-44(38)56-40-17-9-7-15-35(40)50-42(56)23-21-37-48-33-13-5-3-11-30(33)19-25-46(48)58-52(37)50/h2-27H. The molecule has 0 saturated carbocycles. The van der Waals surface area contributed by atoms with E-state index in [1.165, 1.54) is 72.7 Å². The fourth-order valence-corrected chi connectivity index (χ4v) is 12.3. The molecule has 0 radical (unpaired) electrons. The molecule has 4 nitrogen and oxygen atoms in total. The predicted molar refractivity (Wildman–Crippen MR) is 247 cm³/mol. The van der Waals surface area contributed by atoms with Crippen molar-refractivity contribution in [3.63, 3.8) is 0 Å². The van der Waals surface area contributed by atoms with Gasteiger partial charge in [-0.3, -0.25) is 0 Å². The second-order valence-electron chi connectivity index (χ2n) is 15.0. The Morgan fingerprint density at radius 3 is 1.45 bits per heavy atom. The second-order valence-corrected chi connectivity index (χ2v) is 17.1. The number of rotatable bonds is 2. The number of benzene rings is 9. The van der Waals surface area contributed by atoms with Gasteiger partial charge in [-0.1, -0.05) is 109 Å². The highest BCUT2D eigenvalue weighted by molar-refractivity contribution is 7.27. The summed E-state index contributed by atoms with van der Waals surface area (Å²) in [6, 6.07) is 58.3. The van der Waals surface area contributed by atoms with Gasteiger partial charge in [0, 0.05) is 61.9 Å². The second kappa shape index (κ2) is 11.5. The molecule has 9 aromatic carbocycles. The third-order valence-electron chi connectivity index (χ3n) is 12.1. The van der Waals surface area contributed by atoms with Gasteiger partial charge in [0.05, 0.1) is 45.6 Å². The largest absolute Gasteiger partial charge is 0.319 e. The van der Waals surface area contributed by atoms with E-state index in [-0.39, 0.29) is 0 Å². The molecule has 4 heterocycles. The van der Waals surface area contributed by atoms with Crippen LogP contribution < -0.4 is 0 Å². The summed E-state index contributed by atoms with van der Waals surface area (Å²) in [7, 11) is 0. The van der Waals surface area contributed by atoms with Crippen molar-refractivity contribution in [2.45, 2.75) is 0 Å². The van der Waals surface area contributed by atoms with E-state index in [1.54, 1.807) is 0 Å². The maximum atomic E-state index is 11.0. The number of hydrogen-bond acceptors (Lipinski definition) is 3. The fraction of sp³-hybridized carbons (Fsp3) is 0. The summed E-state index contributed by atoms with van der Waals surface area (Å²) in [6.07, 6.45) is 0. The molecule has 0 unspecified atom stereocenters. The Hall–Kier alpha value is -7.48. The lowest BCUT2D eigenvalue weighted by Gasteiger charge is -2.16. The highest BCUT2D eigenvalue weighted by atomic mass is 32.1. The molecule has 6 heteroatoms. The van der Waals surface area contributed by atoms with E-state index in [9.17, 15) is 5.26 Å². The van der Waals surface area contributed by atoms with E-state index >= 15 is 0 Å². The first-order valence-corrected chi connectivity index (χ1v) is 20.8. The lowest BCUT2D eigenvalue weighted by Crippen LogP contribution is -2.01. The average Bonchev–Trinajstić information content (AvgIpc) is 4.03. The Bertz CT molecular complexity index is 3800. The average molecular weight is 771 g/mol. The summed E-state index contributed by atoms with van der Waals surface area (Å²) < 4.78 is 9.35. The minimum absolute atomic E-state index is 0.486. The van der Waals surface area contributed by atoms with Gasteiger partial charge in [-0.05, 0) is 70.1 Å². The molecule has 58 heavy (non-hydrogen) atoms. The molecule has 13 rings (SSSR count). The van der Waals surface area contributed by atoms with Crippen molar-refractivity contribution in [3.05, 3.63) is 175 Å². The number of thiophene rings is 2. The highest BCUT2D eigenvalue weighted by Gasteiger charge is 2.24. The van der Waals surface area contributed by atoms with Crippen molar-refractivity contribution in [2.24, 2.45) is 0 Å². The highest BCUT2D eigenvalue weighted by Crippen LogP contribution is 2.48. The predicted octanol–water partition coefficient (Wildman–Crippen LogP) is 15.3. The maximum Gasteiger partial charge on any atom is 0.212 e. The summed E-state index contributed by atoms with van der Waals surface area (Å²) in [5.74, 6) is 0. The summed E-state index contributed by atoms with van der Waals surface area (Å²) >= 11 is 3.65. The Morgan fingerprint density at radius 1 is 0.448 bits per heavy atom. The van der Waals surface area contributed by atoms with Crippen LogP contribution in [0.2, 0.25) is 0 Å². The first kappa shape index (κ1) is 31.7. The van der Waals surface area contributed by atoms with Crippen LogP contribution in [-0.4, -0.2) is 9.13 Å². The molecule has 0 atom stereocenters. The Morgan fingerprint density at radius 2 is 0.931 bits per heavy atom. The van der Waals surface area contributed by atoms with Crippen LogP contribution in [0.4, 0.5) is 5.69 Å². The zero-order valence-electron chi connectivity index (χ0n) is 30.6.